The fraction of sp³-hybridized carbons (Fsp3) is 1.00. The van der Waals surface area contributed by atoms with Crippen molar-refractivity contribution in [2.24, 2.45) is 0 Å². The molecule has 0 N–H and O–H groups in total. The number of hydrogen-bond acceptors (Lipinski definition) is 4. The Morgan fingerprint density at radius 1 is 1.00 bits per heavy atom. The zero-order valence-corrected chi connectivity index (χ0v) is 12.5. The highest BCUT2D eigenvalue weighted by Gasteiger charge is 2.40. The van der Waals surface area contributed by atoms with Crippen molar-refractivity contribution in [3.63, 3.8) is 0 Å². The molecule has 0 radical (unpaired) electrons. The van der Waals surface area contributed by atoms with Gasteiger partial charge in [-0.1, -0.05) is 0 Å². The second-order valence-corrected chi connectivity index (χ2v) is 6.62. The van der Waals surface area contributed by atoms with E-state index in [1.807, 2.05) is 13.8 Å². The topological polar surface area (TPSA) is 36.9 Å². The lowest BCUT2D eigenvalue weighted by Gasteiger charge is -2.24. The van der Waals surface area contributed by atoms with Crippen molar-refractivity contribution in [1.29, 1.82) is 0 Å². The lowest BCUT2D eigenvalue weighted by molar-refractivity contribution is 0.0556. The summed E-state index contributed by atoms with van der Waals surface area (Å²) in [6.07, 6.45) is 0. The maximum absolute atomic E-state index is 5.31. The highest BCUT2D eigenvalue weighted by molar-refractivity contribution is 6.60. The van der Waals surface area contributed by atoms with E-state index in [4.69, 9.17) is 17.1 Å². The van der Waals surface area contributed by atoms with E-state index in [9.17, 15) is 0 Å². The van der Waals surface area contributed by atoms with Gasteiger partial charge in [0.15, 0.2) is 0 Å². The minimum absolute atomic E-state index is 0.580. The van der Waals surface area contributed by atoms with Crippen LogP contribution in [-0.2, 0) is 17.1 Å². The molecule has 11 heavy (non-hydrogen) atoms. The average Bonchev–Trinajstić information content (AvgIpc) is 2.04. The molecule has 0 bridgehead atoms. The SMILES string of the molecule is CCO[Si](O[SiH3])(O[SiH3])OCC. The van der Waals surface area contributed by atoms with Crippen LogP contribution < -0.4 is 0 Å². The Kier molecular flexibility index (Phi) is 6.33. The van der Waals surface area contributed by atoms with E-state index in [0.29, 0.717) is 34.2 Å². The first-order valence-electron chi connectivity index (χ1n) is 3.62. The summed E-state index contributed by atoms with van der Waals surface area (Å²) >= 11 is 0. The number of rotatable bonds is 6. The summed E-state index contributed by atoms with van der Waals surface area (Å²) in [6, 6.07) is 0. The van der Waals surface area contributed by atoms with Gasteiger partial charge in [0.2, 0.25) is 0 Å². The Bertz CT molecular complexity index is 89.3. The Labute approximate surface area is 74.8 Å². The summed E-state index contributed by atoms with van der Waals surface area (Å²) in [5, 5.41) is 0. The molecule has 0 atom stereocenters. The van der Waals surface area contributed by atoms with Crippen molar-refractivity contribution in [3.8, 4) is 0 Å². The molecule has 0 fully saturated rings. The highest BCUT2D eigenvalue weighted by Crippen LogP contribution is 2.07. The van der Waals surface area contributed by atoms with Gasteiger partial charge < -0.3 is 17.1 Å². The molecule has 0 unspecified atom stereocenters. The third-order valence-corrected chi connectivity index (χ3v) is 6.43. The fourth-order valence-corrected chi connectivity index (χ4v) is 5.56. The van der Waals surface area contributed by atoms with Gasteiger partial charge in [-0.05, 0) is 13.8 Å². The molecule has 68 valence electrons. The van der Waals surface area contributed by atoms with Crippen molar-refractivity contribution < 1.29 is 17.1 Å². The van der Waals surface area contributed by atoms with Gasteiger partial charge in [0.25, 0.3) is 0 Å². The van der Waals surface area contributed by atoms with Crippen LogP contribution in [0.4, 0.5) is 0 Å². The van der Waals surface area contributed by atoms with Gasteiger partial charge in [-0.3, -0.25) is 0 Å². The molecule has 0 aliphatic rings. The second-order valence-electron chi connectivity index (χ2n) is 1.77. The monoisotopic (exact) mass is 212 g/mol. The summed E-state index contributed by atoms with van der Waals surface area (Å²) in [4.78, 5) is 0. The van der Waals surface area contributed by atoms with E-state index in [-0.39, 0.29) is 0 Å². The smallest absolute Gasteiger partial charge is 0.403 e. The first-order chi connectivity index (χ1) is 5.24. The Balaban J connectivity index is 3.96. The summed E-state index contributed by atoms with van der Waals surface area (Å²) in [5.74, 6) is 0. The fourth-order valence-electron chi connectivity index (χ4n) is 0.714. The van der Waals surface area contributed by atoms with Gasteiger partial charge >= 0.3 is 9.05 Å². The molecule has 0 heterocycles. The summed E-state index contributed by atoms with van der Waals surface area (Å²) < 4.78 is 21.0. The lowest BCUT2D eigenvalue weighted by Crippen LogP contribution is -2.48. The van der Waals surface area contributed by atoms with Gasteiger partial charge in [0, 0.05) is 13.2 Å². The molecule has 4 nitrogen and oxygen atoms in total. The molecule has 0 aromatic carbocycles. The van der Waals surface area contributed by atoms with Crippen LogP contribution in [0, 0.1) is 0 Å². The first kappa shape index (κ1) is 11.5. The average molecular weight is 212 g/mol. The molecular formula is C4H16O4Si3. The Hall–Kier alpha value is 0.491. The third kappa shape index (κ3) is 3.60. The zero-order chi connectivity index (χ0) is 8.74. The van der Waals surface area contributed by atoms with E-state index < -0.39 is 9.05 Å². The van der Waals surface area contributed by atoms with Crippen LogP contribution in [0.25, 0.3) is 0 Å². The minimum Gasteiger partial charge on any atom is -0.403 e. The van der Waals surface area contributed by atoms with Crippen LogP contribution in [0.5, 0.6) is 0 Å². The lowest BCUT2D eigenvalue weighted by atomic mass is 10.9. The maximum Gasteiger partial charge on any atom is 0.657 e. The van der Waals surface area contributed by atoms with Gasteiger partial charge in [-0.15, -0.1) is 0 Å². The van der Waals surface area contributed by atoms with Crippen molar-refractivity contribution in [2.75, 3.05) is 13.2 Å². The molecule has 0 aromatic rings. The van der Waals surface area contributed by atoms with Crippen LogP contribution in [0.1, 0.15) is 13.8 Å². The van der Waals surface area contributed by atoms with Gasteiger partial charge in [-0.2, -0.15) is 0 Å². The van der Waals surface area contributed by atoms with Gasteiger partial charge in [0.1, 0.15) is 21.0 Å². The van der Waals surface area contributed by atoms with Gasteiger partial charge in [-0.25, -0.2) is 0 Å². The molecular weight excluding hydrogens is 196 g/mol. The second kappa shape index (κ2) is 6.06. The van der Waals surface area contributed by atoms with Crippen molar-refractivity contribution in [2.45, 2.75) is 13.8 Å². The van der Waals surface area contributed by atoms with E-state index >= 15 is 0 Å². The molecule has 0 aromatic heterocycles. The molecule has 0 aliphatic heterocycles. The van der Waals surface area contributed by atoms with Crippen molar-refractivity contribution in [1.82, 2.24) is 0 Å². The molecule has 0 saturated carbocycles. The van der Waals surface area contributed by atoms with Crippen LogP contribution in [0.2, 0.25) is 0 Å². The molecule has 0 spiro atoms. The molecule has 0 aliphatic carbocycles. The van der Waals surface area contributed by atoms with E-state index in [1.165, 1.54) is 0 Å². The normalized spacial score (nSPS) is 12.5. The Morgan fingerprint density at radius 3 is 1.55 bits per heavy atom. The molecule has 0 saturated heterocycles. The third-order valence-electron chi connectivity index (χ3n) is 1.14. The van der Waals surface area contributed by atoms with Crippen LogP contribution in [0.15, 0.2) is 0 Å². The largest absolute Gasteiger partial charge is 0.657 e. The van der Waals surface area contributed by atoms with Crippen molar-refractivity contribution in [3.05, 3.63) is 0 Å². The van der Waals surface area contributed by atoms with E-state index in [2.05, 4.69) is 0 Å². The zero-order valence-electron chi connectivity index (χ0n) is 7.55. The maximum atomic E-state index is 5.31. The highest BCUT2D eigenvalue weighted by atomic mass is 28.5. The predicted molar refractivity (Wildman–Crippen MR) is 51.1 cm³/mol. The summed E-state index contributed by atoms with van der Waals surface area (Å²) in [7, 11) is -1.43. The Morgan fingerprint density at radius 2 is 1.36 bits per heavy atom. The van der Waals surface area contributed by atoms with E-state index in [0.717, 1.165) is 0 Å². The first-order valence-corrected chi connectivity index (χ1v) is 6.89. The minimum atomic E-state index is -2.62. The quantitative estimate of drug-likeness (QED) is 0.482. The van der Waals surface area contributed by atoms with Crippen LogP contribution in [-0.4, -0.2) is 43.2 Å². The summed E-state index contributed by atoms with van der Waals surface area (Å²) in [5.41, 5.74) is 0. The van der Waals surface area contributed by atoms with E-state index in [1.54, 1.807) is 0 Å². The number of hydrogen-bond donors (Lipinski definition) is 0. The predicted octanol–water partition coefficient (Wildman–Crippen LogP) is -1.91. The van der Waals surface area contributed by atoms with Crippen molar-refractivity contribution >= 4 is 30.0 Å². The molecule has 7 heteroatoms. The summed E-state index contributed by atoms with van der Waals surface area (Å²) in [6.45, 7) is 4.97. The molecule has 0 amide bonds. The van der Waals surface area contributed by atoms with Gasteiger partial charge in [0.05, 0.1) is 0 Å². The van der Waals surface area contributed by atoms with Crippen LogP contribution >= 0.6 is 0 Å². The standard InChI is InChI=1S/C4H16O4Si3/c1-3-5-11(7-9,8-10)6-4-2/h3-4H2,1-2,9-10H3. The van der Waals surface area contributed by atoms with Crippen LogP contribution in [0.3, 0.4) is 0 Å². The molecule has 0 rings (SSSR count).